The second-order valence-electron chi connectivity index (χ2n) is 5.15. The van der Waals surface area contributed by atoms with Gasteiger partial charge in [0.05, 0.1) is 0 Å². The molecule has 1 aromatic rings. The number of hydrogen-bond donors (Lipinski definition) is 1. The fourth-order valence-corrected chi connectivity index (χ4v) is 2.30. The van der Waals surface area contributed by atoms with Crippen LogP contribution in [0.2, 0.25) is 0 Å². The molecule has 1 atom stereocenters. The van der Waals surface area contributed by atoms with Gasteiger partial charge in [-0.25, -0.2) is 0 Å². The minimum absolute atomic E-state index is 0.168. The molecule has 18 heavy (non-hydrogen) atoms. The maximum Gasteiger partial charge on any atom is 0.253 e. The molecule has 1 amide bonds. The molecule has 2 rings (SSSR count). The molecule has 1 fully saturated rings. The Morgan fingerprint density at radius 2 is 2.11 bits per heavy atom. The first-order valence-electron chi connectivity index (χ1n) is 6.84. The third-order valence-electron chi connectivity index (χ3n) is 3.42. The third kappa shape index (κ3) is 3.03. The number of likely N-dealkylation sites (tertiary alicyclic amines) is 1. The maximum absolute atomic E-state index is 12.2. The molecule has 0 bridgehead atoms. The zero-order valence-electron chi connectivity index (χ0n) is 11.3. The molecule has 98 valence electrons. The first-order chi connectivity index (χ1) is 8.70. The van der Waals surface area contributed by atoms with E-state index in [9.17, 15) is 4.79 Å². The van der Waals surface area contributed by atoms with Crippen LogP contribution in [0.3, 0.4) is 0 Å². The van der Waals surface area contributed by atoms with Gasteiger partial charge < -0.3 is 10.2 Å². The highest BCUT2D eigenvalue weighted by atomic mass is 16.2. The van der Waals surface area contributed by atoms with E-state index in [-0.39, 0.29) is 5.91 Å². The van der Waals surface area contributed by atoms with Crippen LogP contribution in [-0.2, 0) is 0 Å². The number of amides is 1. The van der Waals surface area contributed by atoms with E-state index in [1.165, 1.54) is 0 Å². The molecule has 1 aliphatic heterocycles. The quantitative estimate of drug-likeness (QED) is 0.885. The predicted molar refractivity (Wildman–Crippen MR) is 74.9 cm³/mol. The number of nitrogens with zero attached hydrogens (tertiary/aromatic N) is 1. The molecule has 3 nitrogen and oxygen atoms in total. The van der Waals surface area contributed by atoms with Crippen molar-refractivity contribution >= 4 is 11.6 Å². The first-order valence-corrected chi connectivity index (χ1v) is 6.84. The van der Waals surface area contributed by atoms with Crippen molar-refractivity contribution in [3.63, 3.8) is 0 Å². The Hall–Kier alpha value is -1.51. The summed E-state index contributed by atoms with van der Waals surface area (Å²) in [5.74, 6) is 0.806. The Morgan fingerprint density at radius 1 is 1.39 bits per heavy atom. The van der Waals surface area contributed by atoms with Crippen molar-refractivity contribution < 1.29 is 4.79 Å². The van der Waals surface area contributed by atoms with Gasteiger partial charge in [0, 0.05) is 30.9 Å². The molecular formula is C15H22N2O. The molecule has 0 saturated carbocycles. The lowest BCUT2D eigenvalue weighted by Crippen LogP contribution is -2.28. The number of anilines is 1. The van der Waals surface area contributed by atoms with Crippen molar-refractivity contribution in [3.05, 3.63) is 29.8 Å². The number of benzene rings is 1. The SMILES string of the molecule is CCCNc1ccc(C(=O)N2CCC(C)C2)cc1. The van der Waals surface area contributed by atoms with Gasteiger partial charge in [-0.3, -0.25) is 4.79 Å². The van der Waals surface area contributed by atoms with Crippen LogP contribution in [0.1, 0.15) is 37.0 Å². The Labute approximate surface area is 109 Å². The van der Waals surface area contributed by atoms with Crippen molar-refractivity contribution in [2.75, 3.05) is 25.0 Å². The summed E-state index contributed by atoms with van der Waals surface area (Å²) >= 11 is 0. The van der Waals surface area contributed by atoms with E-state index >= 15 is 0 Å². The standard InChI is InChI=1S/C15H22N2O/c1-3-9-16-14-6-4-13(5-7-14)15(18)17-10-8-12(2)11-17/h4-7,12,16H,3,8-11H2,1-2H3. The lowest BCUT2D eigenvalue weighted by molar-refractivity contribution is 0.0788. The van der Waals surface area contributed by atoms with Crippen molar-refractivity contribution in [1.29, 1.82) is 0 Å². The number of carbonyl (C=O) groups is 1. The van der Waals surface area contributed by atoms with Crippen LogP contribution >= 0.6 is 0 Å². The molecular weight excluding hydrogens is 224 g/mol. The smallest absolute Gasteiger partial charge is 0.253 e. The Bertz CT molecular complexity index is 399. The van der Waals surface area contributed by atoms with E-state index < -0.39 is 0 Å². The lowest BCUT2D eigenvalue weighted by atomic mass is 10.1. The fourth-order valence-electron chi connectivity index (χ4n) is 2.30. The molecule has 1 heterocycles. The second-order valence-corrected chi connectivity index (χ2v) is 5.15. The fraction of sp³-hybridized carbons (Fsp3) is 0.533. The molecule has 0 radical (unpaired) electrons. The van der Waals surface area contributed by atoms with Gasteiger partial charge in [0.2, 0.25) is 0 Å². The molecule has 1 aromatic carbocycles. The summed E-state index contributed by atoms with van der Waals surface area (Å²) in [5.41, 5.74) is 1.88. The summed E-state index contributed by atoms with van der Waals surface area (Å²) < 4.78 is 0. The summed E-state index contributed by atoms with van der Waals surface area (Å²) in [5, 5.41) is 3.31. The van der Waals surface area contributed by atoms with Crippen molar-refractivity contribution in [2.45, 2.75) is 26.7 Å². The third-order valence-corrected chi connectivity index (χ3v) is 3.42. The van der Waals surface area contributed by atoms with E-state index in [0.717, 1.165) is 43.7 Å². The molecule has 1 saturated heterocycles. The lowest BCUT2D eigenvalue weighted by Gasteiger charge is -2.16. The van der Waals surface area contributed by atoms with Gasteiger partial charge in [-0.05, 0) is 43.0 Å². The highest BCUT2D eigenvalue weighted by Crippen LogP contribution is 2.18. The monoisotopic (exact) mass is 246 g/mol. The van der Waals surface area contributed by atoms with Gasteiger partial charge in [-0.15, -0.1) is 0 Å². The molecule has 0 aromatic heterocycles. The highest BCUT2D eigenvalue weighted by molar-refractivity contribution is 5.94. The van der Waals surface area contributed by atoms with Gasteiger partial charge in [-0.2, -0.15) is 0 Å². The number of hydrogen-bond acceptors (Lipinski definition) is 2. The normalized spacial score (nSPS) is 19.0. The minimum Gasteiger partial charge on any atom is -0.385 e. The molecule has 1 unspecified atom stereocenters. The molecule has 1 N–H and O–H groups in total. The van der Waals surface area contributed by atoms with Crippen LogP contribution in [0.5, 0.6) is 0 Å². The topological polar surface area (TPSA) is 32.3 Å². The molecule has 1 aliphatic rings. The summed E-state index contributed by atoms with van der Waals surface area (Å²) in [6.45, 7) is 7.10. The van der Waals surface area contributed by atoms with E-state index in [1.807, 2.05) is 29.2 Å². The Morgan fingerprint density at radius 3 is 2.67 bits per heavy atom. The summed E-state index contributed by atoms with van der Waals surface area (Å²) in [6.07, 6.45) is 2.23. The Kier molecular flexibility index (Phi) is 4.24. The van der Waals surface area contributed by atoms with Crippen molar-refractivity contribution in [1.82, 2.24) is 4.90 Å². The summed E-state index contributed by atoms with van der Waals surface area (Å²) in [4.78, 5) is 14.2. The van der Waals surface area contributed by atoms with Gasteiger partial charge in [0.1, 0.15) is 0 Å². The Balaban J connectivity index is 1.98. The molecule has 0 aliphatic carbocycles. The van der Waals surface area contributed by atoms with E-state index in [1.54, 1.807) is 0 Å². The number of nitrogens with one attached hydrogen (secondary N) is 1. The van der Waals surface area contributed by atoms with Crippen LogP contribution in [0, 0.1) is 5.92 Å². The van der Waals surface area contributed by atoms with Crippen LogP contribution in [0.4, 0.5) is 5.69 Å². The van der Waals surface area contributed by atoms with Crippen LogP contribution < -0.4 is 5.32 Å². The molecule has 0 spiro atoms. The number of rotatable bonds is 4. The number of carbonyl (C=O) groups excluding carboxylic acids is 1. The molecule has 3 heteroatoms. The predicted octanol–water partition coefficient (Wildman–Crippen LogP) is 2.99. The van der Waals surface area contributed by atoms with Crippen LogP contribution in [0.25, 0.3) is 0 Å². The highest BCUT2D eigenvalue weighted by Gasteiger charge is 2.23. The zero-order valence-corrected chi connectivity index (χ0v) is 11.3. The van der Waals surface area contributed by atoms with Crippen LogP contribution in [0.15, 0.2) is 24.3 Å². The average molecular weight is 246 g/mol. The van der Waals surface area contributed by atoms with Gasteiger partial charge in [0.15, 0.2) is 0 Å². The largest absolute Gasteiger partial charge is 0.385 e. The van der Waals surface area contributed by atoms with Crippen molar-refractivity contribution in [3.8, 4) is 0 Å². The zero-order chi connectivity index (χ0) is 13.0. The first kappa shape index (κ1) is 12.9. The maximum atomic E-state index is 12.2. The van der Waals surface area contributed by atoms with Crippen molar-refractivity contribution in [2.24, 2.45) is 5.92 Å². The van der Waals surface area contributed by atoms with E-state index in [4.69, 9.17) is 0 Å². The van der Waals surface area contributed by atoms with E-state index in [0.29, 0.717) is 5.92 Å². The van der Waals surface area contributed by atoms with E-state index in [2.05, 4.69) is 19.2 Å². The summed E-state index contributed by atoms with van der Waals surface area (Å²) in [7, 11) is 0. The average Bonchev–Trinajstić information content (AvgIpc) is 2.83. The van der Waals surface area contributed by atoms with Gasteiger partial charge in [-0.1, -0.05) is 13.8 Å². The minimum atomic E-state index is 0.168. The second kappa shape index (κ2) is 5.89. The van der Waals surface area contributed by atoms with Gasteiger partial charge >= 0.3 is 0 Å². The summed E-state index contributed by atoms with van der Waals surface area (Å²) in [6, 6.07) is 7.82. The van der Waals surface area contributed by atoms with Gasteiger partial charge in [0.25, 0.3) is 5.91 Å². The van der Waals surface area contributed by atoms with Crippen LogP contribution in [-0.4, -0.2) is 30.4 Å².